The summed E-state index contributed by atoms with van der Waals surface area (Å²) < 4.78 is 5.11. The van der Waals surface area contributed by atoms with Gasteiger partial charge in [-0.2, -0.15) is 0 Å². The molecule has 0 aliphatic heterocycles. The number of fused-ring (bicyclic) bond motifs is 1. The number of nitrogens with two attached hydrogens (primary N) is 1. The van der Waals surface area contributed by atoms with Crippen molar-refractivity contribution in [2.24, 2.45) is 5.73 Å². The van der Waals surface area contributed by atoms with E-state index in [0.29, 0.717) is 13.0 Å². The lowest BCUT2D eigenvalue weighted by atomic mass is 10.1. The standard InChI is InChI=1S/C14H20N2O2/c1-18-13(9-15)8-14(17)16-12-6-10-4-2-3-5-11(10)7-12/h2-5,12-13H,6-9,15H2,1H3,(H,16,17). The van der Waals surface area contributed by atoms with Crippen LogP contribution >= 0.6 is 0 Å². The Bertz CT molecular complexity index is 391. The van der Waals surface area contributed by atoms with Gasteiger partial charge in [-0.15, -0.1) is 0 Å². The molecule has 1 atom stereocenters. The van der Waals surface area contributed by atoms with Gasteiger partial charge in [-0.05, 0) is 24.0 Å². The second kappa shape index (κ2) is 5.98. The molecule has 0 bridgehead atoms. The first-order valence-corrected chi connectivity index (χ1v) is 6.32. The van der Waals surface area contributed by atoms with E-state index in [1.807, 2.05) is 12.1 Å². The molecule has 2 rings (SSSR count). The monoisotopic (exact) mass is 248 g/mol. The SMILES string of the molecule is COC(CN)CC(=O)NC1Cc2ccccc2C1. The van der Waals surface area contributed by atoms with Crippen LogP contribution in [0.1, 0.15) is 17.5 Å². The van der Waals surface area contributed by atoms with Gasteiger partial charge in [0.25, 0.3) is 0 Å². The van der Waals surface area contributed by atoms with E-state index >= 15 is 0 Å². The van der Waals surface area contributed by atoms with Crippen LogP contribution in [0, 0.1) is 0 Å². The van der Waals surface area contributed by atoms with Crippen molar-refractivity contribution >= 4 is 5.91 Å². The average Bonchev–Trinajstić information content (AvgIpc) is 2.77. The van der Waals surface area contributed by atoms with Crippen molar-refractivity contribution in [3.63, 3.8) is 0 Å². The zero-order valence-electron chi connectivity index (χ0n) is 10.7. The number of rotatable bonds is 5. The van der Waals surface area contributed by atoms with Crippen LogP contribution in [0.5, 0.6) is 0 Å². The lowest BCUT2D eigenvalue weighted by molar-refractivity contribution is -0.124. The number of ether oxygens (including phenoxy) is 1. The number of carbonyl (C=O) groups is 1. The van der Waals surface area contributed by atoms with Crippen molar-refractivity contribution < 1.29 is 9.53 Å². The fourth-order valence-electron chi connectivity index (χ4n) is 2.42. The maximum absolute atomic E-state index is 11.8. The van der Waals surface area contributed by atoms with Crippen LogP contribution in [0.25, 0.3) is 0 Å². The van der Waals surface area contributed by atoms with Gasteiger partial charge in [-0.25, -0.2) is 0 Å². The van der Waals surface area contributed by atoms with Gasteiger partial charge in [-0.1, -0.05) is 24.3 Å². The second-order valence-electron chi connectivity index (χ2n) is 4.74. The minimum atomic E-state index is -0.186. The molecule has 1 aromatic carbocycles. The Balaban J connectivity index is 1.84. The normalized spacial score (nSPS) is 16.3. The lowest BCUT2D eigenvalue weighted by Crippen LogP contribution is -2.38. The number of hydrogen-bond acceptors (Lipinski definition) is 3. The number of nitrogens with one attached hydrogen (secondary N) is 1. The van der Waals surface area contributed by atoms with Crippen molar-refractivity contribution in [2.75, 3.05) is 13.7 Å². The zero-order valence-corrected chi connectivity index (χ0v) is 10.7. The van der Waals surface area contributed by atoms with Gasteiger partial charge >= 0.3 is 0 Å². The molecule has 1 aliphatic carbocycles. The number of hydrogen-bond donors (Lipinski definition) is 2. The molecule has 4 nitrogen and oxygen atoms in total. The molecule has 18 heavy (non-hydrogen) atoms. The Labute approximate surface area is 108 Å². The first kappa shape index (κ1) is 13.1. The van der Waals surface area contributed by atoms with E-state index in [4.69, 9.17) is 10.5 Å². The summed E-state index contributed by atoms with van der Waals surface area (Å²) in [4.78, 5) is 11.8. The van der Waals surface area contributed by atoms with Crippen LogP contribution < -0.4 is 11.1 Å². The van der Waals surface area contributed by atoms with E-state index in [2.05, 4.69) is 17.4 Å². The van der Waals surface area contributed by atoms with E-state index in [9.17, 15) is 4.79 Å². The molecule has 0 heterocycles. The Morgan fingerprint density at radius 3 is 2.56 bits per heavy atom. The molecule has 1 unspecified atom stereocenters. The summed E-state index contributed by atoms with van der Waals surface area (Å²) in [5.74, 6) is 0.0186. The first-order valence-electron chi connectivity index (χ1n) is 6.32. The summed E-state index contributed by atoms with van der Waals surface area (Å²) >= 11 is 0. The second-order valence-corrected chi connectivity index (χ2v) is 4.74. The molecule has 0 saturated carbocycles. The topological polar surface area (TPSA) is 64.3 Å². The molecule has 0 fully saturated rings. The third-order valence-electron chi connectivity index (χ3n) is 3.43. The van der Waals surface area contributed by atoms with E-state index < -0.39 is 0 Å². The fourth-order valence-corrected chi connectivity index (χ4v) is 2.42. The van der Waals surface area contributed by atoms with Crippen LogP contribution in [0.2, 0.25) is 0 Å². The predicted octanol–water partition coefficient (Wildman–Crippen LogP) is 0.634. The fraction of sp³-hybridized carbons (Fsp3) is 0.500. The molecule has 0 saturated heterocycles. The molecule has 0 aromatic heterocycles. The molecule has 1 aliphatic rings. The van der Waals surface area contributed by atoms with Crippen LogP contribution in [0.15, 0.2) is 24.3 Å². The minimum Gasteiger partial charge on any atom is -0.380 e. The van der Waals surface area contributed by atoms with Gasteiger partial charge < -0.3 is 15.8 Å². The molecular weight excluding hydrogens is 228 g/mol. The molecular formula is C14H20N2O2. The summed E-state index contributed by atoms with van der Waals surface area (Å²) in [7, 11) is 1.58. The van der Waals surface area contributed by atoms with Crippen LogP contribution in [-0.4, -0.2) is 31.7 Å². The molecule has 1 aromatic rings. The van der Waals surface area contributed by atoms with Gasteiger partial charge in [0.05, 0.1) is 12.5 Å². The number of carbonyl (C=O) groups excluding carboxylic acids is 1. The van der Waals surface area contributed by atoms with Crippen LogP contribution in [0.3, 0.4) is 0 Å². The highest BCUT2D eigenvalue weighted by Crippen LogP contribution is 2.21. The molecule has 98 valence electrons. The van der Waals surface area contributed by atoms with Gasteiger partial charge in [-0.3, -0.25) is 4.79 Å². The van der Waals surface area contributed by atoms with Crippen LogP contribution in [0.4, 0.5) is 0 Å². The molecule has 1 amide bonds. The first-order chi connectivity index (χ1) is 8.72. The maximum atomic E-state index is 11.8. The van der Waals surface area contributed by atoms with Gasteiger partial charge in [0.1, 0.15) is 0 Å². The predicted molar refractivity (Wildman–Crippen MR) is 70.2 cm³/mol. The summed E-state index contributed by atoms with van der Waals surface area (Å²) in [6.07, 6.45) is 1.98. The Hall–Kier alpha value is -1.39. The number of benzene rings is 1. The lowest BCUT2D eigenvalue weighted by Gasteiger charge is -2.16. The molecule has 3 N–H and O–H groups in total. The number of amides is 1. The highest BCUT2D eigenvalue weighted by Gasteiger charge is 2.23. The van der Waals surface area contributed by atoms with Crippen LogP contribution in [-0.2, 0) is 22.4 Å². The van der Waals surface area contributed by atoms with E-state index in [0.717, 1.165) is 12.8 Å². The Morgan fingerprint density at radius 2 is 2.06 bits per heavy atom. The third-order valence-corrected chi connectivity index (χ3v) is 3.43. The van der Waals surface area contributed by atoms with E-state index in [1.54, 1.807) is 7.11 Å². The number of methoxy groups -OCH3 is 1. The van der Waals surface area contributed by atoms with Crippen molar-refractivity contribution in [3.8, 4) is 0 Å². The van der Waals surface area contributed by atoms with Crippen molar-refractivity contribution in [3.05, 3.63) is 35.4 Å². The van der Waals surface area contributed by atoms with Gasteiger partial charge in [0.2, 0.25) is 5.91 Å². The average molecular weight is 248 g/mol. The quantitative estimate of drug-likeness (QED) is 0.803. The van der Waals surface area contributed by atoms with Gasteiger partial charge in [0, 0.05) is 19.7 Å². The summed E-state index contributed by atoms with van der Waals surface area (Å²) in [6.45, 7) is 0.370. The zero-order chi connectivity index (χ0) is 13.0. The minimum absolute atomic E-state index is 0.0186. The van der Waals surface area contributed by atoms with Crippen molar-refractivity contribution in [1.82, 2.24) is 5.32 Å². The van der Waals surface area contributed by atoms with E-state index in [1.165, 1.54) is 11.1 Å². The van der Waals surface area contributed by atoms with Gasteiger partial charge in [0.15, 0.2) is 0 Å². The summed E-state index contributed by atoms with van der Waals surface area (Å²) in [5, 5.41) is 3.05. The molecule has 0 spiro atoms. The highest BCUT2D eigenvalue weighted by molar-refractivity contribution is 5.77. The summed E-state index contributed by atoms with van der Waals surface area (Å²) in [5.41, 5.74) is 8.18. The van der Waals surface area contributed by atoms with Crippen molar-refractivity contribution in [1.29, 1.82) is 0 Å². The van der Waals surface area contributed by atoms with E-state index in [-0.39, 0.29) is 18.1 Å². The molecule has 4 heteroatoms. The third kappa shape index (κ3) is 3.09. The largest absolute Gasteiger partial charge is 0.380 e. The van der Waals surface area contributed by atoms with Crippen molar-refractivity contribution in [2.45, 2.75) is 31.4 Å². The highest BCUT2D eigenvalue weighted by atomic mass is 16.5. The Kier molecular flexibility index (Phi) is 4.33. The summed E-state index contributed by atoms with van der Waals surface area (Å²) in [6, 6.07) is 8.54. The smallest absolute Gasteiger partial charge is 0.222 e. The molecule has 0 radical (unpaired) electrons. The Morgan fingerprint density at radius 1 is 1.44 bits per heavy atom. The maximum Gasteiger partial charge on any atom is 0.222 e.